The standard InChI is InChI=1S/C27H32ClFN6O2/c1-18(36)35-10-7-27(16-35)6-9-34(15-27)8-3-11-37-25-13-20-23(14-24(25)30-2)31-17-32-26(20)33-19-4-5-22(29)21(28)12-19/h4-5,12-14,17,30H,3,6-11,15-16H2,1-2H3,(H,31,32,33). The number of carbonyl (C=O) groups is 1. The van der Waals surface area contributed by atoms with Crippen LogP contribution >= 0.6 is 11.6 Å². The minimum Gasteiger partial charge on any atom is -0.491 e. The Labute approximate surface area is 221 Å². The fourth-order valence-corrected chi connectivity index (χ4v) is 5.61. The van der Waals surface area contributed by atoms with Gasteiger partial charge in [-0.05, 0) is 56.1 Å². The molecular formula is C27H32ClFN6O2. The van der Waals surface area contributed by atoms with Crippen molar-refractivity contribution in [2.24, 2.45) is 5.41 Å². The van der Waals surface area contributed by atoms with E-state index in [0.717, 1.165) is 74.3 Å². The fourth-order valence-electron chi connectivity index (χ4n) is 5.43. The number of nitrogens with zero attached hydrogens (tertiary/aromatic N) is 4. The van der Waals surface area contributed by atoms with Crippen LogP contribution in [0.3, 0.4) is 0 Å². The van der Waals surface area contributed by atoms with Gasteiger partial charge in [0.25, 0.3) is 0 Å². The van der Waals surface area contributed by atoms with Crippen molar-refractivity contribution >= 4 is 45.6 Å². The van der Waals surface area contributed by atoms with Crippen LogP contribution in [0.1, 0.15) is 26.2 Å². The Hall–Kier alpha value is -3.17. The SMILES string of the molecule is CNc1cc2ncnc(Nc3ccc(F)c(Cl)c3)c2cc1OCCCN1CCC2(CCN(C(C)=O)C2)C1. The molecule has 5 rings (SSSR count). The molecule has 2 aliphatic rings. The van der Waals surface area contributed by atoms with Gasteiger partial charge in [0.15, 0.2) is 0 Å². The lowest BCUT2D eigenvalue weighted by molar-refractivity contribution is -0.128. The Balaban J connectivity index is 1.22. The summed E-state index contributed by atoms with van der Waals surface area (Å²) in [6.07, 6.45) is 4.64. The van der Waals surface area contributed by atoms with Gasteiger partial charge in [0.05, 0.1) is 22.8 Å². The van der Waals surface area contributed by atoms with Crippen LogP contribution in [0.25, 0.3) is 10.9 Å². The first-order chi connectivity index (χ1) is 17.9. The molecule has 37 heavy (non-hydrogen) atoms. The van der Waals surface area contributed by atoms with Gasteiger partial charge in [0.2, 0.25) is 5.91 Å². The Morgan fingerprint density at radius 3 is 2.78 bits per heavy atom. The van der Waals surface area contributed by atoms with Gasteiger partial charge in [-0.25, -0.2) is 14.4 Å². The lowest BCUT2D eigenvalue weighted by Crippen LogP contribution is -2.33. The van der Waals surface area contributed by atoms with Crippen molar-refractivity contribution in [1.82, 2.24) is 19.8 Å². The van der Waals surface area contributed by atoms with E-state index in [0.29, 0.717) is 18.1 Å². The molecule has 3 aromatic rings. The maximum Gasteiger partial charge on any atom is 0.219 e. The second kappa shape index (κ2) is 10.7. The highest BCUT2D eigenvalue weighted by Gasteiger charge is 2.43. The van der Waals surface area contributed by atoms with Crippen LogP contribution in [0.15, 0.2) is 36.7 Å². The van der Waals surface area contributed by atoms with Crippen LogP contribution < -0.4 is 15.4 Å². The number of hydrogen-bond donors (Lipinski definition) is 2. The Morgan fingerprint density at radius 1 is 1.19 bits per heavy atom. The van der Waals surface area contributed by atoms with Gasteiger partial charge < -0.3 is 25.2 Å². The van der Waals surface area contributed by atoms with Gasteiger partial charge in [0.1, 0.15) is 23.7 Å². The molecule has 0 radical (unpaired) electrons. The number of likely N-dealkylation sites (tertiary alicyclic amines) is 2. The maximum absolute atomic E-state index is 13.6. The average molecular weight is 527 g/mol. The van der Waals surface area contributed by atoms with Gasteiger partial charge in [-0.1, -0.05) is 11.6 Å². The number of halogens is 2. The highest BCUT2D eigenvalue weighted by molar-refractivity contribution is 6.31. The molecule has 2 aromatic carbocycles. The van der Waals surface area contributed by atoms with E-state index in [-0.39, 0.29) is 16.3 Å². The van der Waals surface area contributed by atoms with Gasteiger partial charge in [0, 0.05) is 56.6 Å². The molecule has 10 heteroatoms. The molecule has 1 aromatic heterocycles. The first-order valence-electron chi connectivity index (χ1n) is 12.7. The lowest BCUT2D eigenvalue weighted by Gasteiger charge is -2.24. The molecule has 0 saturated carbocycles. The lowest BCUT2D eigenvalue weighted by atomic mass is 9.86. The number of aromatic nitrogens is 2. The predicted molar refractivity (Wildman–Crippen MR) is 144 cm³/mol. The third-order valence-electron chi connectivity index (χ3n) is 7.47. The first-order valence-corrected chi connectivity index (χ1v) is 13.0. The van der Waals surface area contributed by atoms with Crippen molar-refractivity contribution in [2.45, 2.75) is 26.2 Å². The monoisotopic (exact) mass is 526 g/mol. The Morgan fingerprint density at radius 2 is 2.03 bits per heavy atom. The van der Waals surface area contributed by atoms with E-state index in [9.17, 15) is 9.18 Å². The van der Waals surface area contributed by atoms with Gasteiger partial charge in [-0.15, -0.1) is 0 Å². The van der Waals surface area contributed by atoms with E-state index in [1.54, 1.807) is 13.0 Å². The fraction of sp³-hybridized carbons (Fsp3) is 0.444. The van der Waals surface area contributed by atoms with Gasteiger partial charge in [-0.2, -0.15) is 0 Å². The molecule has 196 valence electrons. The number of anilines is 3. The van der Waals surface area contributed by atoms with Crippen molar-refractivity contribution in [2.75, 3.05) is 57.0 Å². The molecule has 2 fully saturated rings. The van der Waals surface area contributed by atoms with E-state index in [4.69, 9.17) is 16.3 Å². The smallest absolute Gasteiger partial charge is 0.219 e. The average Bonchev–Trinajstić information content (AvgIpc) is 3.50. The summed E-state index contributed by atoms with van der Waals surface area (Å²) in [6, 6.07) is 8.31. The van der Waals surface area contributed by atoms with Crippen LogP contribution in [0.4, 0.5) is 21.6 Å². The van der Waals surface area contributed by atoms with Crippen LogP contribution in [0.5, 0.6) is 5.75 Å². The summed E-state index contributed by atoms with van der Waals surface area (Å²) in [5, 5.41) is 7.23. The number of carbonyl (C=O) groups excluding carboxylic acids is 1. The van der Waals surface area contributed by atoms with Crippen LogP contribution in [-0.4, -0.2) is 72.1 Å². The van der Waals surface area contributed by atoms with E-state index >= 15 is 0 Å². The van der Waals surface area contributed by atoms with Crippen LogP contribution in [-0.2, 0) is 4.79 Å². The summed E-state index contributed by atoms with van der Waals surface area (Å²) in [7, 11) is 1.85. The number of rotatable bonds is 8. The van der Waals surface area contributed by atoms with E-state index in [2.05, 4.69) is 25.5 Å². The number of amides is 1. The zero-order valence-electron chi connectivity index (χ0n) is 21.2. The van der Waals surface area contributed by atoms with Crippen LogP contribution in [0.2, 0.25) is 5.02 Å². The highest BCUT2D eigenvalue weighted by atomic mass is 35.5. The number of hydrogen-bond acceptors (Lipinski definition) is 7. The van der Waals surface area contributed by atoms with Crippen molar-refractivity contribution in [1.29, 1.82) is 0 Å². The van der Waals surface area contributed by atoms with E-state index in [1.165, 1.54) is 18.5 Å². The van der Waals surface area contributed by atoms with Gasteiger partial charge in [-0.3, -0.25) is 4.79 Å². The van der Waals surface area contributed by atoms with Crippen molar-refractivity contribution in [3.63, 3.8) is 0 Å². The van der Waals surface area contributed by atoms with Crippen molar-refractivity contribution in [3.8, 4) is 5.75 Å². The molecule has 1 unspecified atom stereocenters. The van der Waals surface area contributed by atoms with E-state index in [1.807, 2.05) is 24.1 Å². The Bertz CT molecular complexity index is 1310. The molecular weight excluding hydrogens is 495 g/mol. The zero-order chi connectivity index (χ0) is 26.0. The summed E-state index contributed by atoms with van der Waals surface area (Å²) in [5.41, 5.74) is 2.49. The molecule has 1 amide bonds. The summed E-state index contributed by atoms with van der Waals surface area (Å²) >= 11 is 5.94. The molecule has 2 N–H and O–H groups in total. The van der Waals surface area contributed by atoms with Crippen molar-refractivity contribution in [3.05, 3.63) is 47.5 Å². The van der Waals surface area contributed by atoms with Crippen LogP contribution in [0, 0.1) is 11.2 Å². The topological polar surface area (TPSA) is 82.6 Å². The minimum atomic E-state index is -0.473. The maximum atomic E-state index is 13.6. The molecule has 1 spiro atoms. The number of nitrogens with one attached hydrogen (secondary N) is 2. The number of fused-ring (bicyclic) bond motifs is 1. The Kier molecular flexibility index (Phi) is 7.35. The summed E-state index contributed by atoms with van der Waals surface area (Å²) in [4.78, 5) is 25.0. The molecule has 0 aliphatic carbocycles. The zero-order valence-corrected chi connectivity index (χ0v) is 21.9. The normalized spacial score (nSPS) is 19.6. The largest absolute Gasteiger partial charge is 0.491 e. The highest BCUT2D eigenvalue weighted by Crippen LogP contribution is 2.39. The summed E-state index contributed by atoms with van der Waals surface area (Å²) in [6.45, 7) is 7.10. The third kappa shape index (κ3) is 5.57. The molecule has 2 aliphatic heterocycles. The predicted octanol–water partition coefficient (Wildman–Crippen LogP) is 4.92. The van der Waals surface area contributed by atoms with Gasteiger partial charge >= 0.3 is 0 Å². The third-order valence-corrected chi connectivity index (χ3v) is 7.76. The van der Waals surface area contributed by atoms with E-state index < -0.39 is 5.82 Å². The minimum absolute atomic E-state index is 0.0397. The molecule has 2 saturated heterocycles. The molecule has 8 nitrogen and oxygen atoms in total. The summed E-state index contributed by atoms with van der Waals surface area (Å²) in [5.74, 6) is 1.01. The quantitative estimate of drug-likeness (QED) is 0.403. The molecule has 0 bridgehead atoms. The summed E-state index contributed by atoms with van der Waals surface area (Å²) < 4.78 is 19.8. The number of ether oxygens (including phenoxy) is 1. The second-order valence-electron chi connectivity index (χ2n) is 10.0. The number of benzene rings is 2. The molecule has 3 heterocycles. The molecule has 1 atom stereocenters. The first kappa shape index (κ1) is 25.5. The van der Waals surface area contributed by atoms with Crippen molar-refractivity contribution < 1.29 is 13.9 Å². The second-order valence-corrected chi connectivity index (χ2v) is 10.4.